The van der Waals surface area contributed by atoms with Gasteiger partial charge in [0, 0.05) is 25.6 Å². The topological polar surface area (TPSA) is 73.6 Å². The number of nitriles is 1. The first-order chi connectivity index (χ1) is 10.1. The Morgan fingerprint density at radius 3 is 3.00 bits per heavy atom. The molecule has 6 heteroatoms. The van der Waals surface area contributed by atoms with Crippen LogP contribution in [-0.4, -0.2) is 42.2 Å². The number of hydrogen-bond acceptors (Lipinski definition) is 4. The Morgan fingerprint density at radius 1 is 1.57 bits per heavy atom. The molecular formula is C15H17FN2O3. The molecule has 1 aromatic rings. The lowest BCUT2D eigenvalue weighted by molar-refractivity contribution is 0.0716. The first-order valence-corrected chi connectivity index (χ1v) is 6.85. The van der Waals surface area contributed by atoms with Crippen LogP contribution in [0.3, 0.4) is 0 Å². The van der Waals surface area contributed by atoms with Gasteiger partial charge in [-0.05, 0) is 18.6 Å². The van der Waals surface area contributed by atoms with E-state index < -0.39 is 11.7 Å². The number of amides is 1. The van der Waals surface area contributed by atoms with Crippen molar-refractivity contribution in [3.05, 3.63) is 29.6 Å². The van der Waals surface area contributed by atoms with E-state index in [1.807, 2.05) is 6.07 Å². The second kappa shape index (κ2) is 7.04. The van der Waals surface area contributed by atoms with Crippen molar-refractivity contribution in [1.29, 1.82) is 5.26 Å². The molecule has 1 aliphatic rings. The van der Waals surface area contributed by atoms with Crippen LogP contribution >= 0.6 is 0 Å². The molecular weight excluding hydrogens is 275 g/mol. The van der Waals surface area contributed by atoms with Crippen LogP contribution < -0.4 is 0 Å². The van der Waals surface area contributed by atoms with Crippen LogP contribution in [0.15, 0.2) is 18.2 Å². The second-order valence-electron chi connectivity index (χ2n) is 5.02. The Morgan fingerprint density at radius 2 is 2.38 bits per heavy atom. The van der Waals surface area contributed by atoms with E-state index in [4.69, 9.17) is 10.00 Å². The van der Waals surface area contributed by atoms with Crippen molar-refractivity contribution < 1.29 is 19.0 Å². The molecule has 1 saturated heterocycles. The van der Waals surface area contributed by atoms with Gasteiger partial charge in [-0.1, -0.05) is 6.07 Å². The number of halogens is 1. The maximum Gasteiger partial charge on any atom is 0.260 e. The summed E-state index contributed by atoms with van der Waals surface area (Å²) in [5.74, 6) is -1.55. The quantitative estimate of drug-likeness (QED) is 0.900. The highest BCUT2D eigenvalue weighted by Gasteiger charge is 2.26. The molecule has 0 unspecified atom stereocenters. The zero-order valence-electron chi connectivity index (χ0n) is 11.6. The van der Waals surface area contributed by atoms with Gasteiger partial charge in [0.1, 0.15) is 17.1 Å². The molecule has 1 amide bonds. The summed E-state index contributed by atoms with van der Waals surface area (Å²) in [5.41, 5.74) is -0.339. The summed E-state index contributed by atoms with van der Waals surface area (Å²) < 4.78 is 19.1. The SMILES string of the molecule is N#CCCN(C[C@H]1CCOC1)C(=O)c1c(O)cccc1F. The maximum absolute atomic E-state index is 13.8. The van der Waals surface area contributed by atoms with E-state index in [-0.39, 0.29) is 30.2 Å². The molecule has 1 heterocycles. The van der Waals surface area contributed by atoms with Gasteiger partial charge in [-0.15, -0.1) is 0 Å². The minimum atomic E-state index is -0.760. The summed E-state index contributed by atoms with van der Waals surface area (Å²) in [6, 6.07) is 5.72. The Bertz CT molecular complexity index is 530. The number of aromatic hydroxyl groups is 1. The van der Waals surface area contributed by atoms with Crippen LogP contribution in [0, 0.1) is 23.1 Å². The summed E-state index contributed by atoms with van der Waals surface area (Å²) in [7, 11) is 0. The van der Waals surface area contributed by atoms with Crippen LogP contribution in [0.2, 0.25) is 0 Å². The standard InChI is InChI=1S/C15H17FN2O3/c16-12-3-1-4-13(19)14(12)15(20)18(7-2-6-17)9-11-5-8-21-10-11/h1,3-4,11,19H,2,5,7-10H2/t11-/m1/s1. The first kappa shape index (κ1) is 15.3. The zero-order valence-corrected chi connectivity index (χ0v) is 11.6. The number of phenols is 1. The number of rotatable bonds is 5. The lowest BCUT2D eigenvalue weighted by Crippen LogP contribution is -2.37. The molecule has 1 fully saturated rings. The summed E-state index contributed by atoms with van der Waals surface area (Å²) >= 11 is 0. The lowest BCUT2D eigenvalue weighted by atomic mass is 10.1. The molecule has 2 rings (SSSR count). The summed E-state index contributed by atoms with van der Waals surface area (Å²) in [5, 5.41) is 18.4. The minimum Gasteiger partial charge on any atom is -0.507 e. The number of carbonyl (C=O) groups is 1. The van der Waals surface area contributed by atoms with Crippen molar-refractivity contribution in [2.75, 3.05) is 26.3 Å². The number of benzene rings is 1. The third-order valence-electron chi connectivity index (χ3n) is 3.49. The molecule has 0 aliphatic carbocycles. The van der Waals surface area contributed by atoms with Gasteiger partial charge in [0.2, 0.25) is 0 Å². The molecule has 21 heavy (non-hydrogen) atoms. The van der Waals surface area contributed by atoms with Crippen LogP contribution in [0.1, 0.15) is 23.2 Å². The van der Waals surface area contributed by atoms with Crippen molar-refractivity contribution >= 4 is 5.91 Å². The highest BCUT2D eigenvalue weighted by Crippen LogP contribution is 2.23. The van der Waals surface area contributed by atoms with E-state index in [0.29, 0.717) is 19.8 Å². The number of phenolic OH excluding ortho intramolecular Hbond substituents is 1. The van der Waals surface area contributed by atoms with E-state index in [2.05, 4.69) is 0 Å². The van der Waals surface area contributed by atoms with E-state index in [9.17, 15) is 14.3 Å². The predicted octanol–water partition coefficient (Wildman–Crippen LogP) is 1.92. The first-order valence-electron chi connectivity index (χ1n) is 6.85. The Hall–Kier alpha value is -2.13. The average molecular weight is 292 g/mol. The van der Waals surface area contributed by atoms with E-state index in [1.54, 1.807) is 0 Å². The molecule has 112 valence electrons. The number of ether oxygens (including phenoxy) is 1. The summed E-state index contributed by atoms with van der Waals surface area (Å²) in [6.07, 6.45) is 0.994. The van der Waals surface area contributed by atoms with Gasteiger partial charge < -0.3 is 14.7 Å². The zero-order chi connectivity index (χ0) is 15.2. The Labute approximate surface area is 122 Å². The van der Waals surface area contributed by atoms with Crippen molar-refractivity contribution in [3.8, 4) is 11.8 Å². The monoisotopic (exact) mass is 292 g/mol. The van der Waals surface area contributed by atoms with Crippen molar-refractivity contribution in [3.63, 3.8) is 0 Å². The van der Waals surface area contributed by atoms with Gasteiger partial charge in [-0.3, -0.25) is 4.79 Å². The molecule has 1 aliphatic heterocycles. The highest BCUT2D eigenvalue weighted by molar-refractivity contribution is 5.97. The van der Waals surface area contributed by atoms with E-state index in [1.165, 1.54) is 17.0 Å². The van der Waals surface area contributed by atoms with Gasteiger partial charge in [0.25, 0.3) is 5.91 Å². The number of nitrogens with zero attached hydrogens (tertiary/aromatic N) is 2. The fourth-order valence-corrected chi connectivity index (χ4v) is 2.38. The Kier molecular flexibility index (Phi) is 5.12. The van der Waals surface area contributed by atoms with Crippen molar-refractivity contribution in [2.45, 2.75) is 12.8 Å². The van der Waals surface area contributed by atoms with Crippen LogP contribution in [0.5, 0.6) is 5.75 Å². The van der Waals surface area contributed by atoms with Gasteiger partial charge in [-0.2, -0.15) is 5.26 Å². The number of hydrogen-bond donors (Lipinski definition) is 1. The molecule has 0 aromatic heterocycles. The van der Waals surface area contributed by atoms with E-state index in [0.717, 1.165) is 12.5 Å². The largest absolute Gasteiger partial charge is 0.507 e. The third kappa shape index (κ3) is 3.70. The molecule has 1 aromatic carbocycles. The van der Waals surface area contributed by atoms with Gasteiger partial charge in [-0.25, -0.2) is 4.39 Å². The molecule has 5 nitrogen and oxygen atoms in total. The van der Waals surface area contributed by atoms with Gasteiger partial charge >= 0.3 is 0 Å². The molecule has 1 atom stereocenters. The number of carbonyl (C=O) groups excluding carboxylic acids is 1. The highest BCUT2D eigenvalue weighted by atomic mass is 19.1. The fraction of sp³-hybridized carbons (Fsp3) is 0.467. The summed E-state index contributed by atoms with van der Waals surface area (Å²) in [4.78, 5) is 13.9. The minimum absolute atomic E-state index is 0.161. The molecule has 1 N–H and O–H groups in total. The predicted molar refractivity (Wildman–Crippen MR) is 73.1 cm³/mol. The van der Waals surface area contributed by atoms with Crippen LogP contribution in [-0.2, 0) is 4.74 Å². The van der Waals surface area contributed by atoms with E-state index >= 15 is 0 Å². The Balaban J connectivity index is 2.18. The summed E-state index contributed by atoms with van der Waals surface area (Å²) in [6.45, 7) is 1.81. The third-order valence-corrected chi connectivity index (χ3v) is 3.49. The van der Waals surface area contributed by atoms with Crippen molar-refractivity contribution in [2.24, 2.45) is 5.92 Å². The average Bonchev–Trinajstić information content (AvgIpc) is 2.96. The fourth-order valence-electron chi connectivity index (χ4n) is 2.38. The van der Waals surface area contributed by atoms with Gasteiger partial charge in [0.05, 0.1) is 19.1 Å². The van der Waals surface area contributed by atoms with Crippen LogP contribution in [0.25, 0.3) is 0 Å². The smallest absolute Gasteiger partial charge is 0.260 e. The van der Waals surface area contributed by atoms with Gasteiger partial charge in [0.15, 0.2) is 0 Å². The van der Waals surface area contributed by atoms with Crippen molar-refractivity contribution in [1.82, 2.24) is 4.90 Å². The normalized spacial score (nSPS) is 17.4. The lowest BCUT2D eigenvalue weighted by Gasteiger charge is -2.25. The molecule has 0 radical (unpaired) electrons. The van der Waals surface area contributed by atoms with Crippen LogP contribution in [0.4, 0.5) is 4.39 Å². The molecule has 0 spiro atoms. The molecule has 0 saturated carbocycles. The molecule has 0 bridgehead atoms. The second-order valence-corrected chi connectivity index (χ2v) is 5.02. The maximum atomic E-state index is 13.8.